The van der Waals surface area contributed by atoms with Crippen LogP contribution in [0.3, 0.4) is 0 Å². The van der Waals surface area contributed by atoms with Crippen LogP contribution in [0.5, 0.6) is 0 Å². The molecule has 0 bridgehead atoms. The van der Waals surface area contributed by atoms with Crippen LogP contribution in [0.25, 0.3) is 0 Å². The predicted octanol–water partition coefficient (Wildman–Crippen LogP) is 2.85. The van der Waals surface area contributed by atoms with E-state index in [1.165, 1.54) is 12.1 Å². The fraction of sp³-hybridized carbons (Fsp3) is 0.611. The standard InChI is InChI=1S/C18H27FN2O3S.ClH/c1-12(14-6-8-20-9-7-14)10-18(22)21-13(2)15-4-5-17(16(19)11-15)25(3,23)24;/h4-5,11-14,20H,6-10H2,1-3H3,(H,21,22);1H. The van der Waals surface area contributed by atoms with Gasteiger partial charge in [-0.1, -0.05) is 13.0 Å². The number of nitrogens with one attached hydrogen (secondary N) is 2. The van der Waals surface area contributed by atoms with E-state index >= 15 is 0 Å². The maximum absolute atomic E-state index is 14.0. The Labute approximate surface area is 161 Å². The van der Waals surface area contributed by atoms with Gasteiger partial charge in [-0.05, 0) is 62.4 Å². The Morgan fingerprint density at radius 2 is 1.92 bits per heavy atom. The van der Waals surface area contributed by atoms with Crippen molar-refractivity contribution in [2.75, 3.05) is 19.3 Å². The second-order valence-corrected chi connectivity index (χ2v) is 9.00. The molecular formula is C18H28ClFN2O3S. The quantitative estimate of drug-likeness (QED) is 0.761. The van der Waals surface area contributed by atoms with Crippen LogP contribution < -0.4 is 10.6 Å². The summed E-state index contributed by atoms with van der Waals surface area (Å²) in [6, 6.07) is 3.59. The molecular weight excluding hydrogens is 379 g/mol. The molecule has 0 aromatic heterocycles. The Bertz CT molecular complexity index is 721. The van der Waals surface area contributed by atoms with Crippen LogP contribution in [-0.4, -0.2) is 33.7 Å². The van der Waals surface area contributed by atoms with Crippen molar-refractivity contribution < 1.29 is 17.6 Å². The van der Waals surface area contributed by atoms with Crippen LogP contribution >= 0.6 is 12.4 Å². The van der Waals surface area contributed by atoms with E-state index in [4.69, 9.17) is 0 Å². The van der Waals surface area contributed by atoms with Crippen LogP contribution in [0, 0.1) is 17.7 Å². The van der Waals surface area contributed by atoms with Crippen molar-refractivity contribution in [1.29, 1.82) is 0 Å². The van der Waals surface area contributed by atoms with Gasteiger partial charge in [-0.2, -0.15) is 0 Å². The third kappa shape index (κ3) is 6.21. The average molecular weight is 407 g/mol. The van der Waals surface area contributed by atoms with Crippen LogP contribution in [0.15, 0.2) is 23.1 Å². The lowest BCUT2D eigenvalue weighted by Gasteiger charge is -2.28. The van der Waals surface area contributed by atoms with E-state index in [0.29, 0.717) is 23.8 Å². The minimum atomic E-state index is -3.59. The molecule has 148 valence electrons. The molecule has 1 aliphatic heterocycles. The normalized spacial score (nSPS) is 17.8. The molecule has 26 heavy (non-hydrogen) atoms. The maximum Gasteiger partial charge on any atom is 0.220 e. The van der Waals surface area contributed by atoms with Gasteiger partial charge >= 0.3 is 0 Å². The fourth-order valence-electron chi connectivity index (χ4n) is 3.34. The van der Waals surface area contributed by atoms with Crippen LogP contribution in [-0.2, 0) is 14.6 Å². The highest BCUT2D eigenvalue weighted by Gasteiger charge is 2.23. The molecule has 0 spiro atoms. The first-order chi connectivity index (χ1) is 11.7. The minimum absolute atomic E-state index is 0. The van der Waals surface area contributed by atoms with Crippen molar-refractivity contribution in [3.05, 3.63) is 29.6 Å². The lowest BCUT2D eigenvalue weighted by atomic mass is 9.84. The molecule has 1 aromatic rings. The summed E-state index contributed by atoms with van der Waals surface area (Å²) in [6.45, 7) is 5.86. The molecule has 1 saturated heterocycles. The summed E-state index contributed by atoms with van der Waals surface area (Å²) in [4.78, 5) is 11.9. The van der Waals surface area contributed by atoms with Crippen molar-refractivity contribution in [2.45, 2.75) is 44.0 Å². The number of benzene rings is 1. The van der Waals surface area contributed by atoms with E-state index < -0.39 is 15.7 Å². The first-order valence-corrected chi connectivity index (χ1v) is 10.6. The Kier molecular flexibility index (Phi) is 8.50. The van der Waals surface area contributed by atoms with Crippen molar-refractivity contribution in [3.8, 4) is 0 Å². The van der Waals surface area contributed by atoms with E-state index in [2.05, 4.69) is 17.6 Å². The van der Waals surface area contributed by atoms with Gasteiger partial charge in [0.1, 0.15) is 10.7 Å². The summed E-state index contributed by atoms with van der Waals surface area (Å²) < 4.78 is 36.9. The summed E-state index contributed by atoms with van der Waals surface area (Å²) in [7, 11) is -3.59. The summed E-state index contributed by atoms with van der Waals surface area (Å²) >= 11 is 0. The van der Waals surface area contributed by atoms with E-state index in [9.17, 15) is 17.6 Å². The second kappa shape index (κ2) is 9.67. The van der Waals surface area contributed by atoms with Crippen molar-refractivity contribution in [1.82, 2.24) is 10.6 Å². The number of hydrogen-bond donors (Lipinski definition) is 2. The number of rotatable bonds is 6. The van der Waals surface area contributed by atoms with Crippen molar-refractivity contribution in [2.24, 2.45) is 11.8 Å². The zero-order valence-electron chi connectivity index (χ0n) is 15.4. The van der Waals surface area contributed by atoms with E-state index in [0.717, 1.165) is 32.2 Å². The Morgan fingerprint density at radius 1 is 1.31 bits per heavy atom. The minimum Gasteiger partial charge on any atom is -0.350 e. The van der Waals surface area contributed by atoms with Crippen LogP contribution in [0.1, 0.15) is 44.7 Å². The molecule has 0 saturated carbocycles. The van der Waals surface area contributed by atoms with Gasteiger partial charge < -0.3 is 10.6 Å². The molecule has 2 N–H and O–H groups in total. The molecule has 2 rings (SSSR count). The van der Waals surface area contributed by atoms with Gasteiger partial charge in [0, 0.05) is 12.7 Å². The molecule has 1 amide bonds. The van der Waals surface area contributed by atoms with Gasteiger partial charge in [-0.25, -0.2) is 12.8 Å². The van der Waals surface area contributed by atoms with E-state index in [1.54, 1.807) is 13.0 Å². The third-order valence-corrected chi connectivity index (χ3v) is 6.06. The molecule has 1 aromatic carbocycles. The molecule has 2 atom stereocenters. The van der Waals surface area contributed by atoms with Crippen molar-refractivity contribution >= 4 is 28.2 Å². The second-order valence-electron chi connectivity index (χ2n) is 7.02. The Hall–Kier alpha value is -1.18. The zero-order chi connectivity index (χ0) is 18.6. The Morgan fingerprint density at radius 3 is 2.46 bits per heavy atom. The topological polar surface area (TPSA) is 75.3 Å². The molecule has 2 unspecified atom stereocenters. The molecule has 1 heterocycles. The number of amides is 1. The van der Waals surface area contributed by atoms with E-state index in [1.807, 2.05) is 0 Å². The monoisotopic (exact) mass is 406 g/mol. The largest absolute Gasteiger partial charge is 0.350 e. The first kappa shape index (κ1) is 22.9. The SMILES string of the molecule is CC(NC(=O)CC(C)C1CCNCC1)c1ccc(S(C)(=O)=O)c(F)c1.Cl. The van der Waals surface area contributed by atoms with Gasteiger partial charge in [-0.15, -0.1) is 12.4 Å². The Balaban J connectivity index is 0.00000338. The first-order valence-electron chi connectivity index (χ1n) is 8.68. The maximum atomic E-state index is 14.0. The number of piperidine rings is 1. The average Bonchev–Trinajstić information content (AvgIpc) is 2.54. The zero-order valence-corrected chi connectivity index (χ0v) is 17.1. The number of carbonyl (C=O) groups excluding carboxylic acids is 1. The molecule has 1 fully saturated rings. The van der Waals surface area contributed by atoms with Crippen LogP contribution in [0.2, 0.25) is 0 Å². The number of sulfone groups is 1. The van der Waals surface area contributed by atoms with Gasteiger partial charge in [0.05, 0.1) is 6.04 Å². The smallest absolute Gasteiger partial charge is 0.220 e. The number of carbonyl (C=O) groups is 1. The van der Waals surface area contributed by atoms with E-state index in [-0.39, 0.29) is 29.3 Å². The highest BCUT2D eigenvalue weighted by molar-refractivity contribution is 7.90. The van der Waals surface area contributed by atoms with Gasteiger partial charge in [0.25, 0.3) is 0 Å². The number of hydrogen-bond acceptors (Lipinski definition) is 4. The highest BCUT2D eigenvalue weighted by atomic mass is 35.5. The third-order valence-electron chi connectivity index (χ3n) is 4.93. The molecule has 0 radical (unpaired) electrons. The lowest BCUT2D eigenvalue weighted by molar-refractivity contribution is -0.123. The molecule has 5 nitrogen and oxygen atoms in total. The summed E-state index contributed by atoms with van der Waals surface area (Å²) in [6.07, 6.45) is 3.59. The summed E-state index contributed by atoms with van der Waals surface area (Å²) in [5, 5.41) is 6.20. The van der Waals surface area contributed by atoms with Gasteiger partial charge in [0.15, 0.2) is 9.84 Å². The number of halogens is 2. The fourth-order valence-corrected chi connectivity index (χ4v) is 4.07. The van der Waals surface area contributed by atoms with Crippen LogP contribution in [0.4, 0.5) is 4.39 Å². The summed E-state index contributed by atoms with van der Waals surface area (Å²) in [5.41, 5.74) is 0.549. The van der Waals surface area contributed by atoms with Gasteiger partial charge in [-0.3, -0.25) is 4.79 Å². The predicted molar refractivity (Wildman–Crippen MR) is 103 cm³/mol. The van der Waals surface area contributed by atoms with Gasteiger partial charge in [0.2, 0.25) is 5.91 Å². The summed E-state index contributed by atoms with van der Waals surface area (Å²) in [5.74, 6) is 0.00254. The van der Waals surface area contributed by atoms with Crippen molar-refractivity contribution in [3.63, 3.8) is 0 Å². The highest BCUT2D eigenvalue weighted by Crippen LogP contribution is 2.25. The molecule has 8 heteroatoms. The molecule has 1 aliphatic rings. The molecule has 0 aliphatic carbocycles. The lowest BCUT2D eigenvalue weighted by Crippen LogP contribution is -2.34.